The van der Waals surface area contributed by atoms with Gasteiger partial charge in [-0.05, 0) is 30.2 Å². The molecular formula is C23H32N4O2. The van der Waals surface area contributed by atoms with Gasteiger partial charge < -0.3 is 10.2 Å². The second-order valence-corrected chi connectivity index (χ2v) is 7.55. The third kappa shape index (κ3) is 5.78. The molecule has 0 saturated carbocycles. The number of rotatable bonds is 8. The van der Waals surface area contributed by atoms with Gasteiger partial charge in [0.15, 0.2) is 0 Å². The summed E-state index contributed by atoms with van der Waals surface area (Å²) in [6.07, 6.45) is 0. The van der Waals surface area contributed by atoms with Crippen LogP contribution in [0.25, 0.3) is 10.8 Å². The van der Waals surface area contributed by atoms with E-state index in [1.54, 1.807) is 4.90 Å². The molecule has 2 amide bonds. The lowest BCUT2D eigenvalue weighted by atomic mass is 10.0. The summed E-state index contributed by atoms with van der Waals surface area (Å²) in [6.45, 7) is 10.0. The highest BCUT2D eigenvalue weighted by Crippen LogP contribution is 2.20. The van der Waals surface area contributed by atoms with Gasteiger partial charge >= 0.3 is 0 Å². The van der Waals surface area contributed by atoms with E-state index in [2.05, 4.69) is 57.6 Å². The van der Waals surface area contributed by atoms with E-state index in [9.17, 15) is 9.59 Å². The SMILES string of the molecule is CCNC(=O)CN(CC)C(=O)CN1CCN(Cc2cccc3ccccc23)CC1. The maximum atomic E-state index is 12.6. The third-order valence-electron chi connectivity index (χ3n) is 5.54. The van der Waals surface area contributed by atoms with Crippen LogP contribution >= 0.6 is 0 Å². The van der Waals surface area contributed by atoms with Crippen molar-refractivity contribution in [3.63, 3.8) is 0 Å². The molecule has 1 fully saturated rings. The van der Waals surface area contributed by atoms with Gasteiger partial charge in [-0.1, -0.05) is 42.5 Å². The van der Waals surface area contributed by atoms with E-state index in [1.807, 2.05) is 13.8 Å². The first-order valence-electron chi connectivity index (χ1n) is 10.6. The van der Waals surface area contributed by atoms with Crippen LogP contribution in [0.4, 0.5) is 0 Å². The Balaban J connectivity index is 1.50. The Hall–Kier alpha value is -2.44. The van der Waals surface area contributed by atoms with Crippen molar-refractivity contribution in [2.45, 2.75) is 20.4 Å². The summed E-state index contributed by atoms with van der Waals surface area (Å²) in [5.74, 6) is -0.0659. The molecule has 0 aromatic heterocycles. The Labute approximate surface area is 173 Å². The number of likely N-dealkylation sites (N-methyl/N-ethyl adjacent to an activating group) is 2. The zero-order valence-electron chi connectivity index (χ0n) is 17.6. The largest absolute Gasteiger partial charge is 0.355 e. The van der Waals surface area contributed by atoms with E-state index in [-0.39, 0.29) is 18.4 Å². The standard InChI is InChI=1S/C23H32N4O2/c1-3-24-22(28)17-27(4-2)23(29)18-26-14-12-25(13-15-26)16-20-10-7-9-19-8-5-6-11-21(19)20/h5-11H,3-4,12-18H2,1-2H3,(H,24,28). The van der Waals surface area contributed by atoms with Crippen LogP contribution in [0.15, 0.2) is 42.5 Å². The molecule has 6 nitrogen and oxygen atoms in total. The fraction of sp³-hybridized carbons (Fsp3) is 0.478. The first kappa shape index (κ1) is 21.3. The fourth-order valence-corrected chi connectivity index (χ4v) is 3.87. The molecule has 3 rings (SSSR count). The molecule has 0 bridgehead atoms. The van der Waals surface area contributed by atoms with E-state index < -0.39 is 0 Å². The van der Waals surface area contributed by atoms with Gasteiger partial charge in [-0.2, -0.15) is 0 Å². The van der Waals surface area contributed by atoms with Crippen molar-refractivity contribution in [2.24, 2.45) is 0 Å². The average Bonchev–Trinajstić information content (AvgIpc) is 2.74. The van der Waals surface area contributed by atoms with Gasteiger partial charge in [0, 0.05) is 45.8 Å². The number of nitrogens with zero attached hydrogens (tertiary/aromatic N) is 3. The second kappa shape index (κ2) is 10.4. The summed E-state index contributed by atoms with van der Waals surface area (Å²) in [4.78, 5) is 30.7. The van der Waals surface area contributed by atoms with Gasteiger partial charge in [-0.25, -0.2) is 0 Å². The maximum absolute atomic E-state index is 12.6. The molecule has 1 saturated heterocycles. The summed E-state index contributed by atoms with van der Waals surface area (Å²) in [5.41, 5.74) is 1.35. The molecule has 1 N–H and O–H groups in total. The van der Waals surface area contributed by atoms with Crippen LogP contribution in [0.2, 0.25) is 0 Å². The molecule has 2 aromatic rings. The van der Waals surface area contributed by atoms with Crippen LogP contribution in [0, 0.1) is 0 Å². The number of nitrogens with one attached hydrogen (secondary N) is 1. The van der Waals surface area contributed by atoms with Crippen molar-refractivity contribution in [1.29, 1.82) is 0 Å². The zero-order chi connectivity index (χ0) is 20.6. The number of benzene rings is 2. The Bertz CT molecular complexity index is 825. The molecule has 1 heterocycles. The lowest BCUT2D eigenvalue weighted by Gasteiger charge is -2.35. The van der Waals surface area contributed by atoms with Gasteiger partial charge in [-0.3, -0.25) is 19.4 Å². The predicted octanol–water partition coefficient (Wildman–Crippen LogP) is 1.94. The highest BCUT2D eigenvalue weighted by atomic mass is 16.2. The minimum atomic E-state index is -0.0948. The van der Waals surface area contributed by atoms with Gasteiger partial charge in [0.2, 0.25) is 11.8 Å². The number of carbonyl (C=O) groups is 2. The van der Waals surface area contributed by atoms with E-state index in [4.69, 9.17) is 0 Å². The molecule has 1 aliphatic rings. The lowest BCUT2D eigenvalue weighted by Crippen LogP contribution is -2.50. The molecular weight excluding hydrogens is 364 g/mol. The van der Waals surface area contributed by atoms with Crippen LogP contribution in [-0.4, -0.2) is 78.9 Å². The smallest absolute Gasteiger partial charge is 0.239 e. The summed E-state index contributed by atoms with van der Waals surface area (Å²) in [7, 11) is 0. The number of amides is 2. The maximum Gasteiger partial charge on any atom is 0.239 e. The molecule has 1 aliphatic heterocycles. The van der Waals surface area contributed by atoms with E-state index in [0.29, 0.717) is 19.6 Å². The molecule has 29 heavy (non-hydrogen) atoms. The molecule has 0 radical (unpaired) electrons. The fourth-order valence-electron chi connectivity index (χ4n) is 3.87. The lowest BCUT2D eigenvalue weighted by molar-refractivity contribution is -0.137. The van der Waals surface area contributed by atoms with Gasteiger partial charge in [0.05, 0.1) is 13.1 Å². The highest BCUT2D eigenvalue weighted by Gasteiger charge is 2.22. The number of fused-ring (bicyclic) bond motifs is 1. The first-order chi connectivity index (χ1) is 14.1. The first-order valence-corrected chi connectivity index (χ1v) is 10.6. The Morgan fingerprint density at radius 1 is 0.966 bits per heavy atom. The van der Waals surface area contributed by atoms with Gasteiger partial charge in [0.25, 0.3) is 0 Å². The molecule has 0 spiro atoms. The summed E-state index contributed by atoms with van der Waals surface area (Å²) >= 11 is 0. The molecule has 2 aromatic carbocycles. The molecule has 6 heteroatoms. The summed E-state index contributed by atoms with van der Waals surface area (Å²) in [5, 5.41) is 5.35. The summed E-state index contributed by atoms with van der Waals surface area (Å²) < 4.78 is 0. The van der Waals surface area contributed by atoms with Crippen LogP contribution < -0.4 is 5.32 Å². The Morgan fingerprint density at radius 3 is 2.38 bits per heavy atom. The van der Waals surface area contributed by atoms with Gasteiger partial charge in [-0.15, -0.1) is 0 Å². The normalized spacial score (nSPS) is 15.4. The number of piperazine rings is 1. The van der Waals surface area contributed by atoms with Crippen LogP contribution in [0.1, 0.15) is 19.4 Å². The van der Waals surface area contributed by atoms with Crippen molar-refractivity contribution in [2.75, 3.05) is 52.4 Å². The minimum Gasteiger partial charge on any atom is -0.355 e. The quantitative estimate of drug-likeness (QED) is 0.741. The molecule has 156 valence electrons. The van der Waals surface area contributed by atoms with E-state index >= 15 is 0 Å². The molecule has 0 unspecified atom stereocenters. The Morgan fingerprint density at radius 2 is 1.66 bits per heavy atom. The van der Waals surface area contributed by atoms with E-state index in [1.165, 1.54) is 16.3 Å². The summed E-state index contributed by atoms with van der Waals surface area (Å²) in [6, 6.07) is 15.0. The topological polar surface area (TPSA) is 55.9 Å². The van der Waals surface area contributed by atoms with Crippen LogP contribution in [-0.2, 0) is 16.1 Å². The minimum absolute atomic E-state index is 0.0289. The van der Waals surface area contributed by atoms with Gasteiger partial charge in [0.1, 0.15) is 0 Å². The van der Waals surface area contributed by atoms with Crippen molar-refractivity contribution >= 4 is 22.6 Å². The predicted molar refractivity (Wildman–Crippen MR) is 117 cm³/mol. The zero-order valence-corrected chi connectivity index (χ0v) is 17.6. The van der Waals surface area contributed by atoms with Crippen molar-refractivity contribution in [1.82, 2.24) is 20.0 Å². The number of hydrogen-bond acceptors (Lipinski definition) is 4. The molecule has 0 atom stereocenters. The van der Waals surface area contributed by atoms with Crippen molar-refractivity contribution < 1.29 is 9.59 Å². The van der Waals surface area contributed by atoms with Crippen molar-refractivity contribution in [3.05, 3.63) is 48.0 Å². The third-order valence-corrected chi connectivity index (χ3v) is 5.54. The second-order valence-electron chi connectivity index (χ2n) is 7.55. The average molecular weight is 397 g/mol. The van der Waals surface area contributed by atoms with Crippen molar-refractivity contribution in [3.8, 4) is 0 Å². The van der Waals surface area contributed by atoms with Crippen LogP contribution in [0.5, 0.6) is 0 Å². The Kier molecular flexibility index (Phi) is 7.61. The van der Waals surface area contributed by atoms with Crippen LogP contribution in [0.3, 0.4) is 0 Å². The van der Waals surface area contributed by atoms with E-state index in [0.717, 1.165) is 32.7 Å². The monoisotopic (exact) mass is 396 g/mol. The highest BCUT2D eigenvalue weighted by molar-refractivity contribution is 5.86. The number of carbonyl (C=O) groups excluding carboxylic acids is 2. The number of hydrogen-bond donors (Lipinski definition) is 1. The molecule has 0 aliphatic carbocycles.